The van der Waals surface area contributed by atoms with Crippen molar-refractivity contribution in [2.24, 2.45) is 5.10 Å². The zero-order valence-corrected chi connectivity index (χ0v) is 10.5. The SMILES string of the molecule is Cc1csc(NN=Cc2cc(F)c(O)c(F)c2O)n1. The van der Waals surface area contributed by atoms with E-state index in [2.05, 4.69) is 15.5 Å². The van der Waals surface area contributed by atoms with E-state index in [0.717, 1.165) is 18.0 Å². The number of phenols is 2. The number of halogens is 2. The lowest BCUT2D eigenvalue weighted by atomic mass is 10.2. The van der Waals surface area contributed by atoms with Gasteiger partial charge in [-0.15, -0.1) is 11.3 Å². The maximum atomic E-state index is 13.2. The van der Waals surface area contributed by atoms with Crippen LogP contribution in [-0.4, -0.2) is 21.4 Å². The van der Waals surface area contributed by atoms with E-state index in [1.54, 1.807) is 5.38 Å². The summed E-state index contributed by atoms with van der Waals surface area (Å²) in [5.41, 5.74) is 3.16. The average Bonchev–Trinajstić information content (AvgIpc) is 2.79. The van der Waals surface area contributed by atoms with E-state index in [4.69, 9.17) is 5.11 Å². The molecule has 0 saturated heterocycles. The Kier molecular flexibility index (Phi) is 3.61. The Labute approximate surface area is 110 Å². The van der Waals surface area contributed by atoms with Crippen LogP contribution in [0.1, 0.15) is 11.3 Å². The van der Waals surface area contributed by atoms with Gasteiger partial charge in [0, 0.05) is 10.9 Å². The molecule has 0 aliphatic carbocycles. The highest BCUT2D eigenvalue weighted by molar-refractivity contribution is 7.13. The molecule has 1 aromatic carbocycles. The summed E-state index contributed by atoms with van der Waals surface area (Å²) in [6, 6.07) is 0.770. The van der Waals surface area contributed by atoms with Crippen LogP contribution in [0.4, 0.5) is 13.9 Å². The second-order valence-electron chi connectivity index (χ2n) is 3.62. The normalized spacial score (nSPS) is 11.1. The molecule has 19 heavy (non-hydrogen) atoms. The van der Waals surface area contributed by atoms with Gasteiger partial charge in [0.05, 0.1) is 11.9 Å². The Morgan fingerprint density at radius 2 is 2.11 bits per heavy atom. The molecule has 100 valence electrons. The Balaban J connectivity index is 2.19. The molecule has 0 atom stereocenters. The molecule has 0 aliphatic heterocycles. The highest BCUT2D eigenvalue weighted by Crippen LogP contribution is 2.30. The number of thiazole rings is 1. The summed E-state index contributed by atoms with van der Waals surface area (Å²) in [7, 11) is 0. The van der Waals surface area contributed by atoms with Crippen molar-refractivity contribution in [2.75, 3.05) is 5.43 Å². The number of anilines is 1. The van der Waals surface area contributed by atoms with Gasteiger partial charge in [-0.3, -0.25) is 5.43 Å². The first-order chi connectivity index (χ1) is 8.99. The summed E-state index contributed by atoms with van der Waals surface area (Å²) in [5.74, 6) is -4.70. The van der Waals surface area contributed by atoms with E-state index >= 15 is 0 Å². The van der Waals surface area contributed by atoms with Crippen molar-refractivity contribution in [3.05, 3.63) is 34.3 Å². The molecule has 8 heteroatoms. The molecule has 0 unspecified atom stereocenters. The third-order valence-electron chi connectivity index (χ3n) is 2.18. The zero-order valence-electron chi connectivity index (χ0n) is 9.69. The lowest BCUT2D eigenvalue weighted by Gasteiger charge is -2.03. The van der Waals surface area contributed by atoms with Gasteiger partial charge in [-0.1, -0.05) is 0 Å². The van der Waals surface area contributed by atoms with E-state index in [1.807, 2.05) is 6.92 Å². The largest absolute Gasteiger partial charge is 0.504 e. The van der Waals surface area contributed by atoms with Gasteiger partial charge in [0.2, 0.25) is 10.9 Å². The molecule has 0 spiro atoms. The topological polar surface area (TPSA) is 77.7 Å². The minimum Gasteiger partial charge on any atom is -0.504 e. The average molecular weight is 285 g/mol. The summed E-state index contributed by atoms with van der Waals surface area (Å²) in [6.45, 7) is 1.81. The van der Waals surface area contributed by atoms with Crippen LogP contribution in [0.25, 0.3) is 0 Å². The fourth-order valence-corrected chi connectivity index (χ4v) is 1.91. The summed E-state index contributed by atoms with van der Waals surface area (Å²) < 4.78 is 26.3. The molecule has 2 aromatic rings. The fourth-order valence-electron chi connectivity index (χ4n) is 1.28. The Hall–Kier alpha value is -2.22. The number of phenolic OH excluding ortho intramolecular Hbond substituents is 2. The van der Waals surface area contributed by atoms with Crippen molar-refractivity contribution in [1.29, 1.82) is 0 Å². The van der Waals surface area contributed by atoms with Gasteiger partial charge >= 0.3 is 0 Å². The number of hydrazone groups is 1. The van der Waals surface area contributed by atoms with E-state index in [9.17, 15) is 13.9 Å². The third-order valence-corrected chi connectivity index (χ3v) is 3.05. The second kappa shape index (κ2) is 5.19. The Bertz CT molecular complexity index is 643. The smallest absolute Gasteiger partial charge is 0.210 e. The maximum absolute atomic E-state index is 13.2. The number of hydrogen-bond donors (Lipinski definition) is 3. The molecule has 0 amide bonds. The number of aromatic nitrogens is 1. The first-order valence-electron chi connectivity index (χ1n) is 5.10. The predicted octanol–water partition coefficient (Wildman–Crippen LogP) is 2.59. The number of nitrogens with zero attached hydrogens (tertiary/aromatic N) is 2. The van der Waals surface area contributed by atoms with Crippen molar-refractivity contribution in [3.63, 3.8) is 0 Å². The van der Waals surface area contributed by atoms with Crippen molar-refractivity contribution in [2.45, 2.75) is 6.92 Å². The molecule has 2 rings (SSSR count). The molecule has 0 fully saturated rings. The number of rotatable bonds is 3. The third kappa shape index (κ3) is 2.79. The summed E-state index contributed by atoms with van der Waals surface area (Å²) in [6.07, 6.45) is 1.03. The van der Waals surface area contributed by atoms with Crippen molar-refractivity contribution >= 4 is 22.7 Å². The van der Waals surface area contributed by atoms with Gasteiger partial charge in [0.1, 0.15) is 0 Å². The van der Waals surface area contributed by atoms with Gasteiger partial charge < -0.3 is 10.2 Å². The Morgan fingerprint density at radius 3 is 2.74 bits per heavy atom. The molecule has 1 heterocycles. The van der Waals surface area contributed by atoms with E-state index in [1.165, 1.54) is 11.3 Å². The van der Waals surface area contributed by atoms with Gasteiger partial charge in [0.25, 0.3) is 0 Å². The van der Waals surface area contributed by atoms with Gasteiger partial charge in [0.15, 0.2) is 17.3 Å². The summed E-state index contributed by atoms with van der Waals surface area (Å²) >= 11 is 1.31. The molecule has 3 N–H and O–H groups in total. The molecule has 0 aliphatic rings. The van der Waals surface area contributed by atoms with Gasteiger partial charge in [-0.25, -0.2) is 9.37 Å². The monoisotopic (exact) mass is 285 g/mol. The maximum Gasteiger partial charge on any atom is 0.210 e. The van der Waals surface area contributed by atoms with Crippen LogP contribution in [0.5, 0.6) is 11.5 Å². The highest BCUT2D eigenvalue weighted by atomic mass is 32.1. The van der Waals surface area contributed by atoms with Gasteiger partial charge in [-0.05, 0) is 13.0 Å². The number of hydrogen-bond acceptors (Lipinski definition) is 6. The Morgan fingerprint density at radius 1 is 1.37 bits per heavy atom. The van der Waals surface area contributed by atoms with Crippen LogP contribution >= 0.6 is 11.3 Å². The second-order valence-corrected chi connectivity index (χ2v) is 4.48. The molecule has 0 saturated carbocycles. The first-order valence-corrected chi connectivity index (χ1v) is 5.98. The van der Waals surface area contributed by atoms with Gasteiger partial charge in [-0.2, -0.15) is 9.49 Å². The molecule has 0 bridgehead atoms. The molecular formula is C11H9F2N3O2S. The lowest BCUT2D eigenvalue weighted by molar-refractivity contribution is 0.366. The molecular weight excluding hydrogens is 276 g/mol. The minimum atomic E-state index is -1.42. The molecule has 1 aromatic heterocycles. The van der Waals surface area contributed by atoms with E-state index in [0.29, 0.717) is 5.13 Å². The van der Waals surface area contributed by atoms with Crippen LogP contribution in [0.2, 0.25) is 0 Å². The van der Waals surface area contributed by atoms with Crippen molar-refractivity contribution in [3.8, 4) is 11.5 Å². The summed E-state index contributed by atoms with van der Waals surface area (Å²) in [4.78, 5) is 4.06. The van der Waals surface area contributed by atoms with Crippen LogP contribution in [0.15, 0.2) is 16.5 Å². The minimum absolute atomic E-state index is 0.200. The van der Waals surface area contributed by atoms with Crippen molar-refractivity contribution < 1.29 is 19.0 Å². The number of benzene rings is 1. The van der Waals surface area contributed by atoms with E-state index in [-0.39, 0.29) is 5.56 Å². The molecule has 5 nitrogen and oxygen atoms in total. The summed E-state index contributed by atoms with van der Waals surface area (Å²) in [5, 5.41) is 24.3. The lowest BCUT2D eigenvalue weighted by Crippen LogP contribution is -1.94. The molecule has 0 radical (unpaired) electrons. The van der Waals surface area contributed by atoms with Crippen LogP contribution in [0.3, 0.4) is 0 Å². The van der Waals surface area contributed by atoms with Crippen LogP contribution < -0.4 is 5.43 Å². The van der Waals surface area contributed by atoms with Crippen molar-refractivity contribution in [1.82, 2.24) is 4.98 Å². The van der Waals surface area contributed by atoms with Crippen LogP contribution in [-0.2, 0) is 0 Å². The van der Waals surface area contributed by atoms with E-state index < -0.39 is 23.1 Å². The zero-order chi connectivity index (χ0) is 14.0. The quantitative estimate of drug-likeness (QED) is 0.598. The standard InChI is InChI=1S/C11H9F2N3O2S/c1-5-4-19-11(15-5)16-14-3-6-2-7(12)10(18)8(13)9(6)17/h2-4,17-18H,1H3,(H,15,16). The number of aryl methyl sites for hydroxylation is 1. The first kappa shape index (κ1) is 13.2. The fraction of sp³-hybridized carbons (Fsp3) is 0.0909. The van der Waals surface area contributed by atoms with Crippen LogP contribution in [0, 0.1) is 18.6 Å². The predicted molar refractivity (Wildman–Crippen MR) is 67.8 cm³/mol. The number of nitrogens with one attached hydrogen (secondary N) is 1. The number of aromatic hydroxyl groups is 2. The highest BCUT2D eigenvalue weighted by Gasteiger charge is 2.16.